The second kappa shape index (κ2) is 5.38. The Labute approximate surface area is 127 Å². The van der Waals surface area contributed by atoms with E-state index in [1.807, 2.05) is 0 Å². The minimum atomic E-state index is -0.0147. The normalized spacial score (nSPS) is 21.7. The Morgan fingerprint density at radius 2 is 2.00 bits per heavy atom. The van der Waals surface area contributed by atoms with Crippen molar-refractivity contribution in [1.82, 2.24) is 4.90 Å². The Morgan fingerprint density at radius 1 is 1.24 bits per heavy atom. The fraction of sp³-hybridized carbons (Fsp3) is 0.667. The summed E-state index contributed by atoms with van der Waals surface area (Å²) in [6.07, 6.45) is 1.11. The molecule has 0 atom stereocenters. The number of ether oxygens (including phenoxy) is 1. The van der Waals surface area contributed by atoms with Gasteiger partial charge in [-0.3, -0.25) is 4.90 Å². The van der Waals surface area contributed by atoms with Gasteiger partial charge < -0.3 is 9.84 Å². The molecular weight excluding hydrogens is 262 g/mol. The standard InChI is InChI=1S/C18H27NO2/c1-17(2,3)16-5-4-14-6-7-19(9-15(14)8-16)10-18(11-20)12-21-13-18/h4-5,8,20H,6-7,9-13H2,1-3H3. The molecule has 0 unspecified atom stereocenters. The first-order valence-electron chi connectivity index (χ1n) is 7.95. The summed E-state index contributed by atoms with van der Waals surface area (Å²) in [6.45, 7) is 11.5. The third kappa shape index (κ3) is 3.01. The van der Waals surface area contributed by atoms with Crippen molar-refractivity contribution in [1.29, 1.82) is 0 Å². The SMILES string of the molecule is CC(C)(C)c1ccc2c(c1)CN(CC1(CO)COC1)CC2. The van der Waals surface area contributed by atoms with E-state index in [0.29, 0.717) is 13.2 Å². The number of fused-ring (bicyclic) bond motifs is 1. The van der Waals surface area contributed by atoms with Gasteiger partial charge in [-0.15, -0.1) is 0 Å². The molecular formula is C18H27NO2. The molecule has 2 heterocycles. The summed E-state index contributed by atoms with van der Waals surface area (Å²) in [7, 11) is 0. The number of aliphatic hydroxyl groups excluding tert-OH is 1. The van der Waals surface area contributed by atoms with Crippen molar-refractivity contribution in [2.75, 3.05) is 32.9 Å². The Hall–Kier alpha value is -0.900. The number of nitrogens with zero attached hydrogens (tertiary/aromatic N) is 1. The minimum absolute atomic E-state index is 0.0147. The summed E-state index contributed by atoms with van der Waals surface area (Å²) in [5.41, 5.74) is 4.54. The third-order valence-electron chi connectivity index (χ3n) is 4.87. The monoisotopic (exact) mass is 289 g/mol. The smallest absolute Gasteiger partial charge is 0.0579 e. The average molecular weight is 289 g/mol. The van der Waals surface area contributed by atoms with Crippen molar-refractivity contribution in [2.45, 2.75) is 39.2 Å². The topological polar surface area (TPSA) is 32.7 Å². The summed E-state index contributed by atoms with van der Waals surface area (Å²) >= 11 is 0. The van der Waals surface area contributed by atoms with Crippen LogP contribution in [0.1, 0.15) is 37.5 Å². The van der Waals surface area contributed by atoms with Crippen LogP contribution in [0.25, 0.3) is 0 Å². The van der Waals surface area contributed by atoms with Crippen LogP contribution in [0.4, 0.5) is 0 Å². The molecule has 0 radical (unpaired) electrons. The molecule has 21 heavy (non-hydrogen) atoms. The molecule has 3 rings (SSSR count). The lowest BCUT2D eigenvalue weighted by atomic mass is 9.83. The molecule has 3 heteroatoms. The van der Waals surface area contributed by atoms with Crippen LogP contribution in [0.15, 0.2) is 18.2 Å². The van der Waals surface area contributed by atoms with E-state index in [-0.39, 0.29) is 17.4 Å². The highest BCUT2D eigenvalue weighted by Gasteiger charge is 2.40. The summed E-state index contributed by atoms with van der Waals surface area (Å²) in [4.78, 5) is 2.48. The molecule has 0 aromatic heterocycles. The Morgan fingerprint density at radius 3 is 2.57 bits per heavy atom. The van der Waals surface area contributed by atoms with E-state index < -0.39 is 0 Å². The first kappa shape index (κ1) is 15.0. The lowest BCUT2D eigenvalue weighted by molar-refractivity contribution is -0.149. The molecule has 0 saturated carbocycles. The van der Waals surface area contributed by atoms with Crippen molar-refractivity contribution in [2.24, 2.45) is 5.41 Å². The van der Waals surface area contributed by atoms with E-state index in [0.717, 1.165) is 26.1 Å². The van der Waals surface area contributed by atoms with Crippen LogP contribution in [0.2, 0.25) is 0 Å². The van der Waals surface area contributed by atoms with E-state index in [4.69, 9.17) is 4.74 Å². The summed E-state index contributed by atoms with van der Waals surface area (Å²) in [5, 5.41) is 9.61. The highest BCUT2D eigenvalue weighted by Crippen LogP contribution is 2.32. The number of hydrogen-bond donors (Lipinski definition) is 1. The molecule has 0 bridgehead atoms. The molecule has 0 amide bonds. The van der Waals surface area contributed by atoms with Crippen LogP contribution in [0.5, 0.6) is 0 Å². The zero-order valence-corrected chi connectivity index (χ0v) is 13.5. The quantitative estimate of drug-likeness (QED) is 0.927. The van der Waals surface area contributed by atoms with Gasteiger partial charge in [-0.05, 0) is 28.5 Å². The molecule has 116 valence electrons. The molecule has 1 saturated heterocycles. The Kier molecular flexibility index (Phi) is 3.85. The van der Waals surface area contributed by atoms with Gasteiger partial charge in [0.1, 0.15) is 0 Å². The van der Waals surface area contributed by atoms with Crippen molar-refractivity contribution in [3.8, 4) is 0 Å². The van der Waals surface area contributed by atoms with E-state index in [1.165, 1.54) is 16.7 Å². The zero-order chi connectivity index (χ0) is 15.1. The van der Waals surface area contributed by atoms with E-state index >= 15 is 0 Å². The van der Waals surface area contributed by atoms with Crippen LogP contribution in [0.3, 0.4) is 0 Å². The van der Waals surface area contributed by atoms with Crippen LogP contribution >= 0.6 is 0 Å². The molecule has 3 nitrogen and oxygen atoms in total. The summed E-state index contributed by atoms with van der Waals surface area (Å²) < 4.78 is 5.32. The molecule has 1 N–H and O–H groups in total. The fourth-order valence-electron chi connectivity index (χ4n) is 3.31. The second-order valence-electron chi connectivity index (χ2n) is 7.85. The second-order valence-corrected chi connectivity index (χ2v) is 7.85. The highest BCUT2D eigenvalue weighted by atomic mass is 16.5. The van der Waals surface area contributed by atoms with Gasteiger partial charge in [0.2, 0.25) is 0 Å². The van der Waals surface area contributed by atoms with Gasteiger partial charge in [0.25, 0.3) is 0 Å². The Balaban J connectivity index is 1.75. The maximum atomic E-state index is 9.61. The van der Waals surface area contributed by atoms with Gasteiger partial charge in [-0.2, -0.15) is 0 Å². The molecule has 1 aromatic carbocycles. The van der Waals surface area contributed by atoms with Crippen molar-refractivity contribution in [3.63, 3.8) is 0 Å². The predicted molar refractivity (Wildman–Crippen MR) is 84.5 cm³/mol. The van der Waals surface area contributed by atoms with Gasteiger partial charge in [-0.1, -0.05) is 39.0 Å². The fourth-order valence-corrected chi connectivity index (χ4v) is 3.31. The van der Waals surface area contributed by atoms with Gasteiger partial charge in [-0.25, -0.2) is 0 Å². The number of hydrogen-bond acceptors (Lipinski definition) is 3. The molecule has 1 fully saturated rings. The summed E-state index contributed by atoms with van der Waals surface area (Å²) in [6, 6.07) is 6.97. The van der Waals surface area contributed by atoms with Gasteiger partial charge in [0.15, 0.2) is 0 Å². The zero-order valence-electron chi connectivity index (χ0n) is 13.5. The lowest BCUT2D eigenvalue weighted by Crippen LogP contribution is -2.53. The maximum Gasteiger partial charge on any atom is 0.0579 e. The first-order chi connectivity index (χ1) is 9.92. The lowest BCUT2D eigenvalue weighted by Gasteiger charge is -2.44. The van der Waals surface area contributed by atoms with Gasteiger partial charge in [0.05, 0.1) is 25.2 Å². The van der Waals surface area contributed by atoms with Crippen LogP contribution in [0, 0.1) is 5.41 Å². The number of rotatable bonds is 3. The van der Waals surface area contributed by atoms with Crippen LogP contribution in [-0.2, 0) is 23.1 Å². The molecule has 2 aliphatic heterocycles. The van der Waals surface area contributed by atoms with Crippen molar-refractivity contribution >= 4 is 0 Å². The Bertz CT molecular complexity index is 509. The molecule has 0 aliphatic carbocycles. The predicted octanol–water partition coefficient (Wildman–Crippen LogP) is 2.35. The van der Waals surface area contributed by atoms with Crippen LogP contribution in [-0.4, -0.2) is 42.9 Å². The molecule has 2 aliphatic rings. The number of benzene rings is 1. The molecule has 0 spiro atoms. The van der Waals surface area contributed by atoms with Crippen molar-refractivity contribution < 1.29 is 9.84 Å². The first-order valence-corrected chi connectivity index (χ1v) is 7.95. The highest BCUT2D eigenvalue weighted by molar-refractivity contribution is 5.36. The summed E-state index contributed by atoms with van der Waals surface area (Å²) in [5.74, 6) is 0. The van der Waals surface area contributed by atoms with E-state index in [2.05, 4.69) is 43.9 Å². The van der Waals surface area contributed by atoms with Crippen molar-refractivity contribution in [3.05, 3.63) is 34.9 Å². The van der Waals surface area contributed by atoms with E-state index in [9.17, 15) is 5.11 Å². The molecule has 1 aromatic rings. The van der Waals surface area contributed by atoms with Crippen LogP contribution < -0.4 is 0 Å². The third-order valence-corrected chi connectivity index (χ3v) is 4.87. The van der Waals surface area contributed by atoms with E-state index in [1.54, 1.807) is 0 Å². The largest absolute Gasteiger partial charge is 0.396 e. The van der Waals surface area contributed by atoms with Gasteiger partial charge >= 0.3 is 0 Å². The maximum absolute atomic E-state index is 9.61. The number of aliphatic hydroxyl groups is 1. The average Bonchev–Trinajstić information content (AvgIpc) is 2.41. The minimum Gasteiger partial charge on any atom is -0.396 e. The van der Waals surface area contributed by atoms with Gasteiger partial charge in [0, 0.05) is 19.6 Å².